The van der Waals surface area contributed by atoms with E-state index in [1.165, 1.54) is 35.2 Å². The number of fused-ring (bicyclic) bond motifs is 3. The Bertz CT molecular complexity index is 1950. The number of ether oxygens (including phenoxy) is 3. The number of H-pyrrole nitrogens is 1. The molecule has 25 heteroatoms. The van der Waals surface area contributed by atoms with E-state index < -0.39 is 76.9 Å². The zero-order valence-corrected chi connectivity index (χ0v) is 25.2. The van der Waals surface area contributed by atoms with Crippen LogP contribution < -0.4 is 17.0 Å². The van der Waals surface area contributed by atoms with Gasteiger partial charge in [-0.3, -0.25) is 37.0 Å². The summed E-state index contributed by atoms with van der Waals surface area (Å²) < 4.78 is 66.0. The maximum Gasteiger partial charge on any atom is 0.473 e. The van der Waals surface area contributed by atoms with Gasteiger partial charge in [-0.05, 0) is 0 Å². The smallest absolute Gasteiger partial charge is 0.386 e. The van der Waals surface area contributed by atoms with E-state index in [0.717, 1.165) is 0 Å². The van der Waals surface area contributed by atoms with Gasteiger partial charge in [0.2, 0.25) is 5.95 Å². The number of aromatic nitrogens is 8. The summed E-state index contributed by atoms with van der Waals surface area (Å²) in [6.07, 6.45) is -6.66. The maximum absolute atomic E-state index is 13.2. The Hall–Kier alpha value is -3.44. The second-order valence-corrected chi connectivity index (χ2v) is 13.1. The highest BCUT2D eigenvalue weighted by Crippen LogP contribution is 2.59. The third-order valence-corrected chi connectivity index (χ3v) is 9.48. The van der Waals surface area contributed by atoms with Crippen LogP contribution in [-0.4, -0.2) is 111 Å². The van der Waals surface area contributed by atoms with E-state index in [-0.39, 0.29) is 40.7 Å². The molecular weight excluding hydrogens is 662 g/mol. The number of hydrogen-bond donors (Lipinski definition) is 6. The van der Waals surface area contributed by atoms with Crippen molar-refractivity contribution in [3.63, 3.8) is 0 Å². The Balaban J connectivity index is 1.09. The summed E-state index contributed by atoms with van der Waals surface area (Å²) in [5.41, 5.74) is 11.2. The number of anilines is 2. The van der Waals surface area contributed by atoms with E-state index in [2.05, 4.69) is 29.9 Å². The number of nitrogens with two attached hydrogens (primary N) is 2. The van der Waals surface area contributed by atoms with Crippen molar-refractivity contribution in [2.75, 3.05) is 31.8 Å². The predicted octanol–water partition coefficient (Wildman–Crippen LogP) is -1.69. The van der Waals surface area contributed by atoms with Crippen LogP contribution in [0, 0.1) is 0 Å². The third kappa shape index (κ3) is 5.39. The van der Waals surface area contributed by atoms with Gasteiger partial charge in [-0.25, -0.2) is 29.1 Å². The fourth-order valence-corrected chi connectivity index (χ4v) is 7.66. The van der Waals surface area contributed by atoms with Crippen LogP contribution in [0.3, 0.4) is 0 Å². The number of phosphoric acid groups is 2. The SMILES string of the molecule is COC[C@H]1O[C@@H](n2cnc3c(N)ncnc32)[C@@H](O)C1OP(=O)(O)OC[C@H]1O[C@@H](n2cnc3c(=O)[nH]c(N)nc32)[C@H]2OP(=O)(O)OC12. The van der Waals surface area contributed by atoms with E-state index in [9.17, 15) is 28.8 Å². The Morgan fingerprint density at radius 2 is 1.72 bits per heavy atom. The summed E-state index contributed by atoms with van der Waals surface area (Å²) in [5, 5.41) is 11.2. The van der Waals surface area contributed by atoms with Gasteiger partial charge in [0.1, 0.15) is 48.5 Å². The first kappa shape index (κ1) is 31.2. The molecule has 0 aromatic carbocycles. The molecule has 0 amide bonds. The zero-order chi connectivity index (χ0) is 32.5. The molecule has 0 spiro atoms. The van der Waals surface area contributed by atoms with Gasteiger partial charge in [0.25, 0.3) is 5.56 Å². The molecule has 0 radical (unpaired) electrons. The lowest BCUT2D eigenvalue weighted by molar-refractivity contribution is -0.0661. The standard InChI is InChI=1S/C21H26N10O13P2/c1-38-2-7-12(11(32)19(40-7)30-5-26-9-15(22)24-4-25-16(9)30)42-45(34,35)39-3-8-13-14(44-46(36,37)43-13)20(41-8)31-6-27-10-17(31)28-21(23)29-18(10)33/h4-8,11-14,19-20,32H,2-3H2,1H3,(H,34,35)(H,36,37)(H2,22,24,25)(H3,23,28,29,33)/t7-,8-,11+,12?,13?,14+,19-,20-/m1/s1. The second kappa shape index (κ2) is 11.4. The Morgan fingerprint density at radius 1 is 1.02 bits per heavy atom. The van der Waals surface area contributed by atoms with E-state index in [1.807, 2.05) is 0 Å². The third-order valence-electron chi connectivity index (χ3n) is 7.48. The van der Waals surface area contributed by atoms with Crippen molar-refractivity contribution in [1.82, 2.24) is 39.0 Å². The lowest BCUT2D eigenvalue weighted by atomic mass is 10.1. The maximum atomic E-state index is 13.2. The molecule has 46 heavy (non-hydrogen) atoms. The van der Waals surface area contributed by atoms with Gasteiger partial charge in [0, 0.05) is 7.11 Å². The van der Waals surface area contributed by atoms with Gasteiger partial charge in [-0.1, -0.05) is 0 Å². The molecule has 8 N–H and O–H groups in total. The lowest BCUT2D eigenvalue weighted by Gasteiger charge is -2.24. The summed E-state index contributed by atoms with van der Waals surface area (Å²) in [5.74, 6) is -0.136. The molecule has 3 saturated heterocycles. The molecular formula is C21H26N10O13P2. The first-order chi connectivity index (χ1) is 21.9. The van der Waals surface area contributed by atoms with Crippen LogP contribution >= 0.6 is 15.6 Å². The van der Waals surface area contributed by atoms with Crippen molar-refractivity contribution < 1.29 is 56.3 Å². The molecule has 0 saturated carbocycles. The zero-order valence-electron chi connectivity index (χ0n) is 23.4. The van der Waals surface area contributed by atoms with Crippen LogP contribution in [0.25, 0.3) is 22.3 Å². The molecule has 4 aromatic heterocycles. The number of aliphatic hydroxyl groups excluding tert-OH is 1. The number of aliphatic hydroxyl groups is 1. The normalized spacial score (nSPS) is 34.0. The second-order valence-electron chi connectivity index (χ2n) is 10.4. The number of phosphoric ester groups is 2. The van der Waals surface area contributed by atoms with Crippen molar-refractivity contribution in [3.05, 3.63) is 29.3 Å². The number of hydrogen-bond acceptors (Lipinski definition) is 18. The molecule has 0 bridgehead atoms. The van der Waals surface area contributed by atoms with Crippen LogP contribution in [0.1, 0.15) is 12.5 Å². The van der Waals surface area contributed by atoms with Crippen LogP contribution in [-0.2, 0) is 41.4 Å². The lowest BCUT2D eigenvalue weighted by Crippen LogP contribution is -2.36. The minimum atomic E-state index is -5.02. The summed E-state index contributed by atoms with van der Waals surface area (Å²) in [6, 6.07) is 0. The van der Waals surface area contributed by atoms with Gasteiger partial charge < -0.3 is 40.6 Å². The number of nitrogens with zero attached hydrogens (tertiary/aromatic N) is 7. The Morgan fingerprint density at radius 3 is 2.48 bits per heavy atom. The molecule has 4 unspecified atom stereocenters. The van der Waals surface area contributed by atoms with E-state index >= 15 is 0 Å². The first-order valence-electron chi connectivity index (χ1n) is 13.3. The van der Waals surface area contributed by atoms with Crippen molar-refractivity contribution in [1.29, 1.82) is 0 Å². The molecule has 4 aromatic rings. The number of methoxy groups -OCH3 is 1. The summed E-state index contributed by atoms with van der Waals surface area (Å²) in [7, 11) is -8.24. The predicted molar refractivity (Wildman–Crippen MR) is 148 cm³/mol. The molecule has 7 heterocycles. The molecule has 10 atom stereocenters. The average Bonchev–Trinajstić information content (AvgIpc) is 3.78. The highest BCUT2D eigenvalue weighted by atomic mass is 31.2. The highest BCUT2D eigenvalue weighted by molar-refractivity contribution is 7.47. The monoisotopic (exact) mass is 688 g/mol. The van der Waals surface area contributed by atoms with Crippen LogP contribution in [0.5, 0.6) is 0 Å². The number of nitrogen functional groups attached to an aromatic ring is 2. The summed E-state index contributed by atoms with van der Waals surface area (Å²) in [4.78, 5) is 55.5. The van der Waals surface area contributed by atoms with Gasteiger partial charge in [0.15, 0.2) is 35.1 Å². The molecule has 248 valence electrons. The molecule has 7 rings (SSSR count). The topological polar surface area (TPSA) is 319 Å². The number of nitrogens with one attached hydrogen (secondary N) is 1. The minimum absolute atomic E-state index is 0.0280. The van der Waals surface area contributed by atoms with Crippen LogP contribution in [0.4, 0.5) is 11.8 Å². The quantitative estimate of drug-likeness (QED) is 0.107. The van der Waals surface area contributed by atoms with Gasteiger partial charge >= 0.3 is 15.6 Å². The van der Waals surface area contributed by atoms with Gasteiger partial charge in [-0.15, -0.1) is 0 Å². The average molecular weight is 688 g/mol. The Kier molecular flexibility index (Phi) is 7.70. The van der Waals surface area contributed by atoms with E-state index in [0.29, 0.717) is 0 Å². The van der Waals surface area contributed by atoms with Gasteiger partial charge in [0.05, 0.1) is 25.9 Å². The van der Waals surface area contributed by atoms with Crippen molar-refractivity contribution in [2.24, 2.45) is 0 Å². The van der Waals surface area contributed by atoms with E-state index in [4.69, 9.17) is 43.8 Å². The number of rotatable bonds is 9. The molecule has 3 aliphatic heterocycles. The van der Waals surface area contributed by atoms with Gasteiger partial charge in [-0.2, -0.15) is 4.98 Å². The van der Waals surface area contributed by atoms with Crippen molar-refractivity contribution in [2.45, 2.75) is 49.1 Å². The Labute approximate surface area is 255 Å². The molecule has 3 fully saturated rings. The fraction of sp³-hybridized carbons (Fsp3) is 0.524. The largest absolute Gasteiger partial charge is 0.473 e. The van der Waals surface area contributed by atoms with Crippen LogP contribution in [0.15, 0.2) is 23.8 Å². The van der Waals surface area contributed by atoms with Crippen LogP contribution in [0.2, 0.25) is 0 Å². The molecule has 23 nitrogen and oxygen atoms in total. The van der Waals surface area contributed by atoms with Crippen molar-refractivity contribution >= 4 is 49.7 Å². The molecule has 3 aliphatic rings. The summed E-state index contributed by atoms with van der Waals surface area (Å²) >= 11 is 0. The highest BCUT2D eigenvalue weighted by Gasteiger charge is 2.59. The summed E-state index contributed by atoms with van der Waals surface area (Å²) in [6.45, 7) is -0.877. The first-order valence-corrected chi connectivity index (χ1v) is 16.3. The number of aromatic amines is 1. The fourth-order valence-electron chi connectivity index (χ4n) is 5.55. The molecule has 0 aliphatic carbocycles. The van der Waals surface area contributed by atoms with Crippen molar-refractivity contribution in [3.8, 4) is 0 Å². The number of imidazole rings is 2. The minimum Gasteiger partial charge on any atom is -0.386 e. The van der Waals surface area contributed by atoms with E-state index in [1.54, 1.807) is 0 Å².